The van der Waals surface area contributed by atoms with Crippen molar-refractivity contribution in [2.24, 2.45) is 0 Å². The van der Waals surface area contributed by atoms with Gasteiger partial charge < -0.3 is 15.0 Å². The van der Waals surface area contributed by atoms with E-state index in [1.54, 1.807) is 19.5 Å². The van der Waals surface area contributed by atoms with Gasteiger partial charge in [-0.2, -0.15) is 0 Å². The zero-order chi connectivity index (χ0) is 17.2. The van der Waals surface area contributed by atoms with Gasteiger partial charge >= 0.3 is 6.03 Å². The zero-order valence-electron chi connectivity index (χ0n) is 14.4. The zero-order valence-corrected chi connectivity index (χ0v) is 14.4. The Morgan fingerprint density at radius 3 is 2.67 bits per heavy atom. The first-order valence-corrected chi connectivity index (χ1v) is 8.27. The van der Waals surface area contributed by atoms with E-state index >= 15 is 0 Å². The Morgan fingerprint density at radius 2 is 1.96 bits per heavy atom. The van der Waals surface area contributed by atoms with Crippen molar-refractivity contribution < 1.29 is 9.53 Å². The SMILES string of the molecule is CCN(CCc1ccncc1)C(=O)NCCc1cccc(OC)c1. The number of nitrogens with one attached hydrogen (secondary N) is 1. The lowest BCUT2D eigenvalue weighted by atomic mass is 10.1. The summed E-state index contributed by atoms with van der Waals surface area (Å²) in [5, 5.41) is 2.99. The second-order valence-corrected chi connectivity index (χ2v) is 5.52. The molecular formula is C19H25N3O2. The third-order valence-corrected chi connectivity index (χ3v) is 3.91. The molecule has 2 rings (SSSR count). The summed E-state index contributed by atoms with van der Waals surface area (Å²) in [6.45, 7) is 3.99. The van der Waals surface area contributed by atoms with Gasteiger partial charge in [-0.05, 0) is 55.2 Å². The molecule has 0 radical (unpaired) electrons. The molecule has 0 saturated carbocycles. The molecule has 0 unspecified atom stereocenters. The Kier molecular flexibility index (Phi) is 7.08. The molecule has 1 aromatic heterocycles. The van der Waals surface area contributed by atoms with E-state index in [0.717, 1.165) is 24.2 Å². The topological polar surface area (TPSA) is 54.5 Å². The average molecular weight is 327 g/mol. The molecule has 24 heavy (non-hydrogen) atoms. The highest BCUT2D eigenvalue weighted by Gasteiger charge is 2.10. The van der Waals surface area contributed by atoms with Gasteiger partial charge in [0.05, 0.1) is 7.11 Å². The number of carbonyl (C=O) groups is 1. The molecule has 0 spiro atoms. The minimum absolute atomic E-state index is 0.0190. The monoisotopic (exact) mass is 327 g/mol. The van der Waals surface area contributed by atoms with Crippen molar-refractivity contribution in [2.75, 3.05) is 26.7 Å². The molecular weight excluding hydrogens is 302 g/mol. The number of amides is 2. The van der Waals surface area contributed by atoms with Crippen LogP contribution in [-0.4, -0.2) is 42.7 Å². The smallest absolute Gasteiger partial charge is 0.317 e. The number of hydrogen-bond donors (Lipinski definition) is 1. The highest BCUT2D eigenvalue weighted by atomic mass is 16.5. The standard InChI is InChI=1S/C19H25N3O2/c1-3-22(14-10-16-7-11-20-12-8-16)19(23)21-13-9-17-5-4-6-18(15-17)24-2/h4-8,11-12,15H,3,9-10,13-14H2,1-2H3,(H,21,23). The molecule has 5 heteroatoms. The number of methoxy groups -OCH3 is 1. The molecule has 0 fully saturated rings. The van der Waals surface area contributed by atoms with E-state index in [9.17, 15) is 4.79 Å². The van der Waals surface area contributed by atoms with Crippen LogP contribution in [0.15, 0.2) is 48.8 Å². The predicted octanol–water partition coefficient (Wildman–Crippen LogP) is 2.91. The number of aromatic nitrogens is 1. The molecule has 1 aromatic carbocycles. The molecule has 0 aliphatic carbocycles. The van der Waals surface area contributed by atoms with E-state index in [1.165, 1.54) is 5.56 Å². The third-order valence-electron chi connectivity index (χ3n) is 3.91. The van der Waals surface area contributed by atoms with Crippen LogP contribution in [0.3, 0.4) is 0 Å². The summed E-state index contributed by atoms with van der Waals surface area (Å²) >= 11 is 0. The lowest BCUT2D eigenvalue weighted by Crippen LogP contribution is -2.41. The van der Waals surface area contributed by atoms with Crippen molar-refractivity contribution >= 4 is 6.03 Å². The summed E-state index contributed by atoms with van der Waals surface area (Å²) in [7, 11) is 1.66. The third kappa shape index (κ3) is 5.57. The quantitative estimate of drug-likeness (QED) is 0.811. The van der Waals surface area contributed by atoms with Gasteiger partial charge in [0.25, 0.3) is 0 Å². The lowest BCUT2D eigenvalue weighted by Gasteiger charge is -2.21. The molecule has 0 aliphatic rings. The van der Waals surface area contributed by atoms with Gasteiger partial charge in [-0.25, -0.2) is 4.79 Å². The second kappa shape index (κ2) is 9.55. The Morgan fingerprint density at radius 1 is 1.17 bits per heavy atom. The summed E-state index contributed by atoms with van der Waals surface area (Å²) in [5.74, 6) is 0.839. The van der Waals surface area contributed by atoms with Gasteiger partial charge in [0.1, 0.15) is 5.75 Å². The van der Waals surface area contributed by atoms with E-state index in [1.807, 2.05) is 48.2 Å². The van der Waals surface area contributed by atoms with Crippen LogP contribution in [0.2, 0.25) is 0 Å². The van der Waals surface area contributed by atoms with Crippen LogP contribution in [0.5, 0.6) is 5.75 Å². The summed E-state index contributed by atoms with van der Waals surface area (Å²) in [5.41, 5.74) is 2.34. The highest BCUT2D eigenvalue weighted by Crippen LogP contribution is 2.12. The number of likely N-dealkylation sites (N-methyl/N-ethyl adjacent to an activating group) is 1. The molecule has 2 aromatic rings. The molecule has 1 N–H and O–H groups in total. The molecule has 5 nitrogen and oxygen atoms in total. The normalized spacial score (nSPS) is 10.2. The molecule has 1 heterocycles. The largest absolute Gasteiger partial charge is 0.497 e. The lowest BCUT2D eigenvalue weighted by molar-refractivity contribution is 0.201. The molecule has 128 valence electrons. The Hall–Kier alpha value is -2.56. The number of pyridine rings is 1. The number of nitrogens with zero attached hydrogens (tertiary/aromatic N) is 2. The molecule has 0 saturated heterocycles. The summed E-state index contributed by atoms with van der Waals surface area (Å²) in [6, 6.07) is 11.9. The van der Waals surface area contributed by atoms with Crippen LogP contribution < -0.4 is 10.1 Å². The maximum absolute atomic E-state index is 12.3. The van der Waals surface area contributed by atoms with E-state index in [0.29, 0.717) is 19.6 Å². The van der Waals surface area contributed by atoms with Crippen LogP contribution in [0.4, 0.5) is 4.79 Å². The van der Waals surface area contributed by atoms with Gasteiger partial charge in [-0.1, -0.05) is 12.1 Å². The van der Waals surface area contributed by atoms with Crippen molar-refractivity contribution in [3.63, 3.8) is 0 Å². The number of ether oxygens (including phenoxy) is 1. The minimum Gasteiger partial charge on any atom is -0.497 e. The molecule has 0 bridgehead atoms. The van der Waals surface area contributed by atoms with Crippen LogP contribution in [0.25, 0.3) is 0 Å². The van der Waals surface area contributed by atoms with E-state index in [-0.39, 0.29) is 6.03 Å². The van der Waals surface area contributed by atoms with Gasteiger partial charge in [0, 0.05) is 32.0 Å². The predicted molar refractivity (Wildman–Crippen MR) is 95.3 cm³/mol. The number of urea groups is 1. The number of benzene rings is 1. The van der Waals surface area contributed by atoms with Gasteiger partial charge in [-0.15, -0.1) is 0 Å². The van der Waals surface area contributed by atoms with Crippen molar-refractivity contribution in [3.05, 3.63) is 59.9 Å². The van der Waals surface area contributed by atoms with Crippen molar-refractivity contribution in [1.29, 1.82) is 0 Å². The molecule has 0 atom stereocenters. The van der Waals surface area contributed by atoms with Crippen LogP contribution in [0.1, 0.15) is 18.1 Å². The van der Waals surface area contributed by atoms with E-state index in [2.05, 4.69) is 10.3 Å². The first kappa shape index (κ1) is 17.8. The highest BCUT2D eigenvalue weighted by molar-refractivity contribution is 5.74. The van der Waals surface area contributed by atoms with Crippen molar-refractivity contribution in [1.82, 2.24) is 15.2 Å². The fraction of sp³-hybridized carbons (Fsp3) is 0.368. The second-order valence-electron chi connectivity index (χ2n) is 5.52. The fourth-order valence-corrected chi connectivity index (χ4v) is 2.47. The number of hydrogen-bond acceptors (Lipinski definition) is 3. The fourth-order valence-electron chi connectivity index (χ4n) is 2.47. The Balaban J connectivity index is 1.77. The van der Waals surface area contributed by atoms with E-state index < -0.39 is 0 Å². The van der Waals surface area contributed by atoms with Gasteiger partial charge in [0.15, 0.2) is 0 Å². The van der Waals surface area contributed by atoms with Crippen molar-refractivity contribution in [2.45, 2.75) is 19.8 Å². The molecule has 2 amide bonds. The first-order valence-electron chi connectivity index (χ1n) is 8.27. The van der Waals surface area contributed by atoms with Crippen molar-refractivity contribution in [3.8, 4) is 5.75 Å². The van der Waals surface area contributed by atoms with E-state index in [4.69, 9.17) is 4.74 Å². The average Bonchev–Trinajstić information content (AvgIpc) is 2.63. The van der Waals surface area contributed by atoms with Gasteiger partial charge in [0.2, 0.25) is 0 Å². The summed E-state index contributed by atoms with van der Waals surface area (Å²) < 4.78 is 5.21. The maximum Gasteiger partial charge on any atom is 0.317 e. The van der Waals surface area contributed by atoms with Crippen LogP contribution in [0, 0.1) is 0 Å². The Bertz CT molecular complexity index is 632. The van der Waals surface area contributed by atoms with Crippen LogP contribution >= 0.6 is 0 Å². The Labute approximate surface area is 143 Å². The number of rotatable bonds is 8. The first-order chi connectivity index (χ1) is 11.7. The van der Waals surface area contributed by atoms with Crippen LogP contribution in [-0.2, 0) is 12.8 Å². The summed E-state index contributed by atoms with van der Waals surface area (Å²) in [6.07, 6.45) is 5.17. The molecule has 0 aliphatic heterocycles. The van der Waals surface area contributed by atoms with Gasteiger partial charge in [-0.3, -0.25) is 4.98 Å². The summed E-state index contributed by atoms with van der Waals surface area (Å²) in [4.78, 5) is 18.1. The number of carbonyl (C=O) groups excluding carboxylic acids is 1. The minimum atomic E-state index is -0.0190. The maximum atomic E-state index is 12.3.